The quantitative estimate of drug-likeness (QED) is 0.904. The van der Waals surface area contributed by atoms with Crippen LogP contribution in [0.3, 0.4) is 0 Å². The number of carbonyl (C=O) groups is 1. The second-order valence-electron chi connectivity index (χ2n) is 3.96. The Balaban J connectivity index is 2.32. The first kappa shape index (κ1) is 13.5. The molecule has 0 saturated carbocycles. The van der Waals surface area contributed by atoms with E-state index in [0.29, 0.717) is 11.4 Å². The van der Waals surface area contributed by atoms with Crippen molar-refractivity contribution in [1.29, 1.82) is 0 Å². The Morgan fingerprint density at radius 3 is 2.74 bits per heavy atom. The highest BCUT2D eigenvalue weighted by Crippen LogP contribution is 2.23. The van der Waals surface area contributed by atoms with Gasteiger partial charge in [-0.1, -0.05) is 34.1 Å². The van der Waals surface area contributed by atoms with E-state index >= 15 is 0 Å². The molecule has 0 aliphatic carbocycles. The molecule has 0 spiro atoms. The molecule has 1 aromatic carbocycles. The van der Waals surface area contributed by atoms with Crippen LogP contribution in [0.15, 0.2) is 39.7 Å². The van der Waals surface area contributed by atoms with Gasteiger partial charge < -0.3 is 10.1 Å². The molecule has 0 saturated heterocycles. The number of carboxylic acids is 1. The molecule has 0 aliphatic rings. The SMILES string of the molecule is O=C(O)CCc1cnc(-c2ccccc2Br)[nH]c1=O. The molecule has 0 bridgehead atoms. The zero-order chi connectivity index (χ0) is 13.8. The number of hydrogen-bond acceptors (Lipinski definition) is 3. The summed E-state index contributed by atoms with van der Waals surface area (Å²) in [5.74, 6) is -0.481. The summed E-state index contributed by atoms with van der Waals surface area (Å²) < 4.78 is 0.830. The summed E-state index contributed by atoms with van der Waals surface area (Å²) in [5, 5.41) is 8.60. The molecule has 1 heterocycles. The number of benzene rings is 1. The Hall–Kier alpha value is -1.95. The van der Waals surface area contributed by atoms with Crippen LogP contribution < -0.4 is 5.56 Å². The molecule has 2 rings (SSSR count). The normalized spacial score (nSPS) is 10.4. The second kappa shape index (κ2) is 5.79. The molecule has 0 unspecified atom stereocenters. The first-order valence-electron chi connectivity index (χ1n) is 5.63. The first-order chi connectivity index (χ1) is 9.08. The van der Waals surface area contributed by atoms with E-state index in [9.17, 15) is 9.59 Å². The average molecular weight is 323 g/mol. The van der Waals surface area contributed by atoms with E-state index in [2.05, 4.69) is 25.9 Å². The molecule has 2 aromatic rings. The van der Waals surface area contributed by atoms with Gasteiger partial charge in [0.2, 0.25) is 0 Å². The Bertz CT molecular complexity index is 667. The van der Waals surface area contributed by atoms with Crippen molar-refractivity contribution in [3.05, 3.63) is 50.9 Å². The van der Waals surface area contributed by atoms with Crippen LogP contribution in [0.5, 0.6) is 0 Å². The van der Waals surface area contributed by atoms with E-state index in [-0.39, 0.29) is 18.4 Å². The molecule has 98 valence electrons. The summed E-state index contributed by atoms with van der Waals surface area (Å²) in [7, 11) is 0. The van der Waals surface area contributed by atoms with Crippen molar-refractivity contribution < 1.29 is 9.90 Å². The van der Waals surface area contributed by atoms with Gasteiger partial charge in [0.25, 0.3) is 5.56 Å². The smallest absolute Gasteiger partial charge is 0.303 e. The monoisotopic (exact) mass is 322 g/mol. The zero-order valence-corrected chi connectivity index (χ0v) is 11.5. The topological polar surface area (TPSA) is 83.0 Å². The third kappa shape index (κ3) is 3.29. The van der Waals surface area contributed by atoms with Gasteiger partial charge in [-0.05, 0) is 12.5 Å². The number of aliphatic carboxylic acids is 1. The van der Waals surface area contributed by atoms with E-state index in [1.807, 2.05) is 24.3 Å². The summed E-state index contributed by atoms with van der Waals surface area (Å²) >= 11 is 3.39. The molecule has 0 fully saturated rings. The van der Waals surface area contributed by atoms with Gasteiger partial charge in [0.05, 0.1) is 0 Å². The van der Waals surface area contributed by atoms with Gasteiger partial charge in [0.15, 0.2) is 0 Å². The van der Waals surface area contributed by atoms with Crippen LogP contribution in [-0.4, -0.2) is 21.0 Å². The van der Waals surface area contributed by atoms with Gasteiger partial charge in [-0.15, -0.1) is 0 Å². The van der Waals surface area contributed by atoms with Crippen molar-refractivity contribution in [3.63, 3.8) is 0 Å². The van der Waals surface area contributed by atoms with Crippen LogP contribution in [0.2, 0.25) is 0 Å². The van der Waals surface area contributed by atoms with E-state index < -0.39 is 5.97 Å². The summed E-state index contributed by atoms with van der Waals surface area (Å²) in [6.07, 6.45) is 1.52. The molecule has 0 radical (unpaired) electrons. The van der Waals surface area contributed by atoms with E-state index in [4.69, 9.17) is 5.11 Å². The number of H-pyrrole nitrogens is 1. The molecule has 0 aliphatic heterocycles. The second-order valence-corrected chi connectivity index (χ2v) is 4.81. The van der Waals surface area contributed by atoms with Crippen LogP contribution in [0.25, 0.3) is 11.4 Å². The Labute approximate surface area is 117 Å². The summed E-state index contributed by atoms with van der Waals surface area (Å²) in [6, 6.07) is 7.40. The van der Waals surface area contributed by atoms with Crippen molar-refractivity contribution in [2.24, 2.45) is 0 Å². The largest absolute Gasteiger partial charge is 0.481 e. The van der Waals surface area contributed by atoms with E-state index in [0.717, 1.165) is 10.0 Å². The standard InChI is InChI=1S/C13H11BrN2O3/c14-10-4-2-1-3-9(10)12-15-7-8(13(19)16-12)5-6-11(17)18/h1-4,7H,5-6H2,(H,17,18)(H,15,16,19). The molecule has 5 nitrogen and oxygen atoms in total. The van der Waals surface area contributed by atoms with Crippen LogP contribution >= 0.6 is 15.9 Å². The number of carboxylic acid groups (broad SMARTS) is 1. The molecule has 1 aromatic heterocycles. The molecular formula is C13H11BrN2O3. The Kier molecular flexibility index (Phi) is 4.11. The fraction of sp³-hybridized carbons (Fsp3) is 0.154. The third-order valence-corrected chi connectivity index (χ3v) is 3.30. The number of aryl methyl sites for hydroxylation is 1. The van der Waals surface area contributed by atoms with Gasteiger partial charge in [-0.25, -0.2) is 4.98 Å². The maximum atomic E-state index is 11.8. The van der Waals surface area contributed by atoms with E-state index in [1.165, 1.54) is 6.20 Å². The molecule has 2 N–H and O–H groups in total. The summed E-state index contributed by atoms with van der Waals surface area (Å²) in [6.45, 7) is 0. The van der Waals surface area contributed by atoms with Gasteiger partial charge >= 0.3 is 5.97 Å². The van der Waals surface area contributed by atoms with Gasteiger partial charge in [-0.2, -0.15) is 0 Å². The van der Waals surface area contributed by atoms with Gasteiger partial charge in [-0.3, -0.25) is 9.59 Å². The van der Waals surface area contributed by atoms with E-state index in [1.54, 1.807) is 0 Å². The van der Waals surface area contributed by atoms with Gasteiger partial charge in [0, 0.05) is 28.2 Å². The van der Waals surface area contributed by atoms with Crippen molar-refractivity contribution >= 4 is 21.9 Å². The first-order valence-corrected chi connectivity index (χ1v) is 6.42. The van der Waals surface area contributed by atoms with Crippen molar-refractivity contribution in [2.75, 3.05) is 0 Å². The minimum Gasteiger partial charge on any atom is -0.481 e. The highest BCUT2D eigenvalue weighted by Gasteiger charge is 2.08. The predicted molar refractivity (Wildman–Crippen MR) is 74.0 cm³/mol. The number of aromatic nitrogens is 2. The zero-order valence-electron chi connectivity index (χ0n) is 9.89. The number of aromatic amines is 1. The molecule has 6 heteroatoms. The molecule has 19 heavy (non-hydrogen) atoms. The lowest BCUT2D eigenvalue weighted by atomic mass is 10.1. The molecular weight excluding hydrogens is 312 g/mol. The maximum Gasteiger partial charge on any atom is 0.303 e. The summed E-state index contributed by atoms with van der Waals surface area (Å²) in [5.41, 5.74) is 0.851. The highest BCUT2D eigenvalue weighted by atomic mass is 79.9. The highest BCUT2D eigenvalue weighted by molar-refractivity contribution is 9.10. The fourth-order valence-corrected chi connectivity index (χ4v) is 2.10. The predicted octanol–water partition coefficient (Wildman–Crippen LogP) is 2.22. The van der Waals surface area contributed by atoms with Gasteiger partial charge in [0.1, 0.15) is 5.82 Å². The Morgan fingerprint density at radius 1 is 1.37 bits per heavy atom. The van der Waals surface area contributed by atoms with Crippen LogP contribution in [0.4, 0.5) is 0 Å². The number of nitrogens with zero attached hydrogens (tertiary/aromatic N) is 1. The van der Waals surface area contributed by atoms with Crippen LogP contribution in [0.1, 0.15) is 12.0 Å². The lowest BCUT2D eigenvalue weighted by molar-refractivity contribution is -0.136. The molecule has 0 amide bonds. The minimum atomic E-state index is -0.936. The summed E-state index contributed by atoms with van der Waals surface area (Å²) in [4.78, 5) is 29.1. The number of nitrogens with one attached hydrogen (secondary N) is 1. The maximum absolute atomic E-state index is 11.8. The third-order valence-electron chi connectivity index (χ3n) is 2.61. The average Bonchev–Trinajstić information content (AvgIpc) is 2.37. The molecule has 0 atom stereocenters. The fourth-order valence-electron chi connectivity index (χ4n) is 1.63. The van der Waals surface area contributed by atoms with Crippen molar-refractivity contribution in [2.45, 2.75) is 12.8 Å². The lowest BCUT2D eigenvalue weighted by Crippen LogP contribution is -2.15. The lowest BCUT2D eigenvalue weighted by Gasteiger charge is -2.04. The van der Waals surface area contributed by atoms with Crippen LogP contribution in [-0.2, 0) is 11.2 Å². The number of hydrogen-bond donors (Lipinski definition) is 2. The Morgan fingerprint density at radius 2 is 2.11 bits per heavy atom. The van der Waals surface area contributed by atoms with Crippen LogP contribution in [0, 0.1) is 0 Å². The number of halogens is 1. The van der Waals surface area contributed by atoms with Crippen molar-refractivity contribution in [1.82, 2.24) is 9.97 Å². The van der Waals surface area contributed by atoms with Crippen molar-refractivity contribution in [3.8, 4) is 11.4 Å². The minimum absolute atomic E-state index is 0.0842. The number of rotatable bonds is 4.